The van der Waals surface area contributed by atoms with Gasteiger partial charge < -0.3 is 52.7 Å². The van der Waals surface area contributed by atoms with Crippen LogP contribution in [0.5, 0.6) is 0 Å². The monoisotopic (exact) mass is 715 g/mol. The number of amides is 1. The summed E-state index contributed by atoms with van der Waals surface area (Å²) < 4.78 is 55.4. The fourth-order valence-electron chi connectivity index (χ4n) is 5.29. The van der Waals surface area contributed by atoms with E-state index in [2.05, 4.69) is 11.2 Å². The molecule has 2 rings (SSSR count). The highest BCUT2D eigenvalue weighted by Gasteiger charge is 2.59. The zero-order valence-corrected chi connectivity index (χ0v) is 28.9. The summed E-state index contributed by atoms with van der Waals surface area (Å²) in [6.07, 6.45) is -1.02. The van der Waals surface area contributed by atoms with Gasteiger partial charge in [0.15, 0.2) is 25.1 Å². The standard InChI is InChI=1S/C32H45NO17/c1-8-9-13-42-27-12-10-11-23(49-27)15-45-32(31(40)41-7)14-24(46-20(4)36)28(33-26(39)17-44-19(3)35)30(50-32)29(48-22(6)38)25(47-21(5)37)16-43-18(2)34/h1,23-25,27-30H,9-17H2,2-7H3,(H,33,39)/t23?,24-,25+,27?,28+,29+,30+,32+/m0/s1. The van der Waals surface area contributed by atoms with Crippen LogP contribution in [-0.2, 0) is 80.9 Å². The quantitative estimate of drug-likeness (QED) is 0.0905. The molecule has 0 aliphatic carbocycles. The molecule has 0 aromatic heterocycles. The summed E-state index contributed by atoms with van der Waals surface area (Å²) in [6.45, 7) is 3.76. The first kappa shape index (κ1) is 41.9. The zero-order chi connectivity index (χ0) is 37.4. The molecule has 0 saturated carbocycles. The van der Waals surface area contributed by atoms with Gasteiger partial charge in [-0.2, -0.15) is 0 Å². The number of rotatable bonds is 17. The molecule has 50 heavy (non-hydrogen) atoms. The summed E-state index contributed by atoms with van der Waals surface area (Å²) in [4.78, 5) is 86.8. The van der Waals surface area contributed by atoms with Gasteiger partial charge in [0.25, 0.3) is 11.7 Å². The molecule has 1 amide bonds. The minimum absolute atomic E-state index is 0.259. The van der Waals surface area contributed by atoms with Crippen molar-refractivity contribution in [3.05, 3.63) is 0 Å². The van der Waals surface area contributed by atoms with Crippen molar-refractivity contribution in [2.45, 2.75) is 115 Å². The van der Waals surface area contributed by atoms with Gasteiger partial charge in [-0.15, -0.1) is 12.3 Å². The number of methoxy groups -OCH3 is 1. The van der Waals surface area contributed by atoms with Crippen molar-refractivity contribution in [3.63, 3.8) is 0 Å². The van der Waals surface area contributed by atoms with Crippen LogP contribution in [0.2, 0.25) is 0 Å². The Morgan fingerprint density at radius 3 is 2.18 bits per heavy atom. The first-order chi connectivity index (χ1) is 23.6. The Morgan fingerprint density at radius 2 is 1.60 bits per heavy atom. The summed E-state index contributed by atoms with van der Waals surface area (Å²) >= 11 is 0. The Balaban J connectivity index is 2.65. The number of ether oxygens (including phenoxy) is 10. The molecule has 2 aliphatic rings. The fraction of sp³-hybridized carbons (Fsp3) is 0.719. The van der Waals surface area contributed by atoms with Crippen molar-refractivity contribution in [1.29, 1.82) is 0 Å². The number of hydrogen-bond acceptors (Lipinski definition) is 17. The molecular formula is C32H45NO17. The van der Waals surface area contributed by atoms with E-state index in [1.54, 1.807) is 0 Å². The van der Waals surface area contributed by atoms with E-state index in [9.17, 15) is 33.6 Å². The average Bonchev–Trinajstić information content (AvgIpc) is 3.04. The minimum Gasteiger partial charge on any atom is -0.465 e. The van der Waals surface area contributed by atoms with Gasteiger partial charge in [0.1, 0.15) is 18.8 Å². The maximum atomic E-state index is 13.6. The molecule has 2 aliphatic heterocycles. The zero-order valence-electron chi connectivity index (χ0n) is 28.9. The van der Waals surface area contributed by atoms with Gasteiger partial charge >= 0.3 is 35.8 Å². The number of carbonyl (C=O) groups is 7. The Hall–Kier alpha value is -4.31. The van der Waals surface area contributed by atoms with Crippen LogP contribution in [0.4, 0.5) is 0 Å². The topological polar surface area (TPSA) is 224 Å². The lowest BCUT2D eigenvalue weighted by Crippen LogP contribution is -2.69. The normalized spacial score (nSPS) is 25.7. The molecule has 1 N–H and O–H groups in total. The van der Waals surface area contributed by atoms with Crippen molar-refractivity contribution in [2.75, 3.05) is 33.5 Å². The molecule has 0 aromatic rings. The van der Waals surface area contributed by atoms with Crippen LogP contribution in [-0.4, -0.2) is 124 Å². The first-order valence-electron chi connectivity index (χ1n) is 15.8. The second kappa shape index (κ2) is 20.4. The summed E-state index contributed by atoms with van der Waals surface area (Å²) in [5.74, 6) is -6.27. The lowest BCUT2D eigenvalue weighted by atomic mass is 9.88. The molecule has 2 saturated heterocycles. The second-order valence-electron chi connectivity index (χ2n) is 11.3. The molecule has 0 bridgehead atoms. The minimum atomic E-state index is -2.42. The number of nitrogens with one attached hydrogen (secondary N) is 1. The molecule has 0 radical (unpaired) electrons. The van der Waals surface area contributed by atoms with Crippen LogP contribution in [0.15, 0.2) is 0 Å². The van der Waals surface area contributed by atoms with Gasteiger partial charge in [0.2, 0.25) is 0 Å². The molecular weight excluding hydrogens is 670 g/mol. The Kier molecular flexibility index (Phi) is 17.1. The highest BCUT2D eigenvalue weighted by atomic mass is 16.8. The third kappa shape index (κ3) is 13.5. The Morgan fingerprint density at radius 1 is 0.920 bits per heavy atom. The predicted molar refractivity (Wildman–Crippen MR) is 164 cm³/mol. The predicted octanol–water partition coefficient (Wildman–Crippen LogP) is 0.00240. The van der Waals surface area contributed by atoms with Crippen molar-refractivity contribution in [1.82, 2.24) is 5.32 Å². The van der Waals surface area contributed by atoms with E-state index in [0.29, 0.717) is 25.7 Å². The molecule has 280 valence electrons. The highest BCUT2D eigenvalue weighted by Crippen LogP contribution is 2.38. The number of hydrogen-bond donors (Lipinski definition) is 1. The summed E-state index contributed by atoms with van der Waals surface area (Å²) in [5, 5.41) is 2.52. The molecule has 18 nitrogen and oxygen atoms in total. The third-order valence-electron chi connectivity index (χ3n) is 7.22. The summed E-state index contributed by atoms with van der Waals surface area (Å²) in [5.41, 5.74) is 0. The lowest BCUT2D eigenvalue weighted by molar-refractivity contribution is -0.323. The Bertz CT molecular complexity index is 1260. The summed E-state index contributed by atoms with van der Waals surface area (Å²) in [7, 11) is 1.04. The van der Waals surface area contributed by atoms with E-state index in [4.69, 9.17) is 53.8 Å². The first-order valence-corrected chi connectivity index (χ1v) is 15.8. The van der Waals surface area contributed by atoms with Crippen LogP contribution in [0.1, 0.15) is 66.7 Å². The van der Waals surface area contributed by atoms with Gasteiger partial charge in [0.05, 0.1) is 38.9 Å². The van der Waals surface area contributed by atoms with Crippen LogP contribution in [0, 0.1) is 12.3 Å². The van der Waals surface area contributed by atoms with Crippen molar-refractivity contribution in [3.8, 4) is 12.3 Å². The molecule has 2 fully saturated rings. The van der Waals surface area contributed by atoms with E-state index >= 15 is 0 Å². The number of esters is 6. The van der Waals surface area contributed by atoms with Crippen LogP contribution >= 0.6 is 0 Å². The Labute approximate surface area is 289 Å². The van der Waals surface area contributed by atoms with E-state index < -0.39 is 110 Å². The average molecular weight is 716 g/mol. The summed E-state index contributed by atoms with van der Waals surface area (Å²) in [6, 6.07) is -1.50. The van der Waals surface area contributed by atoms with Crippen LogP contribution in [0.25, 0.3) is 0 Å². The van der Waals surface area contributed by atoms with Crippen LogP contribution in [0.3, 0.4) is 0 Å². The van der Waals surface area contributed by atoms with E-state index in [1.807, 2.05) is 0 Å². The molecule has 0 spiro atoms. The van der Waals surface area contributed by atoms with Gasteiger partial charge in [0, 0.05) is 41.0 Å². The smallest absolute Gasteiger partial charge is 0.366 e. The van der Waals surface area contributed by atoms with Crippen LogP contribution < -0.4 is 5.32 Å². The van der Waals surface area contributed by atoms with E-state index in [0.717, 1.165) is 41.7 Å². The maximum absolute atomic E-state index is 13.6. The highest BCUT2D eigenvalue weighted by molar-refractivity contribution is 5.81. The molecule has 18 heteroatoms. The number of carbonyl (C=O) groups excluding carboxylic acids is 7. The fourth-order valence-corrected chi connectivity index (χ4v) is 5.29. The molecule has 2 heterocycles. The third-order valence-corrected chi connectivity index (χ3v) is 7.22. The molecule has 2 unspecified atom stereocenters. The van der Waals surface area contributed by atoms with Crippen molar-refractivity contribution < 1.29 is 80.9 Å². The number of terminal acetylenes is 1. The van der Waals surface area contributed by atoms with Gasteiger partial charge in [-0.3, -0.25) is 28.8 Å². The van der Waals surface area contributed by atoms with Gasteiger partial charge in [-0.25, -0.2) is 4.79 Å². The maximum Gasteiger partial charge on any atom is 0.366 e. The van der Waals surface area contributed by atoms with Gasteiger partial charge in [-0.1, -0.05) is 0 Å². The SMILES string of the molecule is C#CCCOC1CCCC(CO[C@]2(C(=O)OC)C[C@H](OC(C)=O)[C@@H](NC(=O)COC(C)=O)[C@H]([C@H](OC(C)=O)[C@@H](COC(C)=O)OC(C)=O)O2)O1. The lowest BCUT2D eigenvalue weighted by Gasteiger charge is -2.48. The van der Waals surface area contributed by atoms with E-state index in [-0.39, 0.29) is 13.2 Å². The van der Waals surface area contributed by atoms with Crippen molar-refractivity contribution in [2.24, 2.45) is 0 Å². The molecule has 8 atom stereocenters. The van der Waals surface area contributed by atoms with Crippen molar-refractivity contribution >= 4 is 41.7 Å². The van der Waals surface area contributed by atoms with Gasteiger partial charge in [-0.05, 0) is 19.3 Å². The van der Waals surface area contributed by atoms with E-state index in [1.165, 1.54) is 0 Å². The largest absolute Gasteiger partial charge is 0.465 e. The second-order valence-corrected chi connectivity index (χ2v) is 11.3. The molecule has 0 aromatic carbocycles.